The lowest BCUT2D eigenvalue weighted by atomic mass is 10.0. The first-order valence-corrected chi connectivity index (χ1v) is 12.5. The summed E-state index contributed by atoms with van der Waals surface area (Å²) in [4.78, 5) is 26.6. The molecule has 0 spiro atoms. The second kappa shape index (κ2) is 7.59. The van der Waals surface area contributed by atoms with Crippen molar-refractivity contribution >= 4 is 39.3 Å². The van der Waals surface area contributed by atoms with Crippen LogP contribution in [-0.4, -0.2) is 59.2 Å². The molecule has 9 heteroatoms. The van der Waals surface area contributed by atoms with Crippen LogP contribution >= 0.6 is 11.8 Å². The van der Waals surface area contributed by atoms with Gasteiger partial charge in [-0.15, -0.1) is 11.8 Å². The molecule has 4 rings (SSSR count). The third-order valence-corrected chi connectivity index (χ3v) is 9.67. The van der Waals surface area contributed by atoms with Gasteiger partial charge in [0.05, 0.1) is 9.77 Å². The summed E-state index contributed by atoms with van der Waals surface area (Å²) in [6, 6.07) is 5.82. The Morgan fingerprint density at radius 3 is 2.52 bits per heavy atom. The van der Waals surface area contributed by atoms with Crippen LogP contribution in [-0.2, 0) is 19.6 Å². The zero-order chi connectivity index (χ0) is 20.8. The molecule has 1 aromatic carbocycles. The zero-order valence-corrected chi connectivity index (χ0v) is 18.4. The number of fused-ring (bicyclic) bond motifs is 1. The average molecular weight is 438 g/mol. The molecule has 29 heavy (non-hydrogen) atoms. The van der Waals surface area contributed by atoms with E-state index in [1.807, 2.05) is 6.92 Å². The summed E-state index contributed by atoms with van der Waals surface area (Å²) in [5, 5.41) is 2.84. The van der Waals surface area contributed by atoms with Gasteiger partial charge >= 0.3 is 0 Å². The lowest BCUT2D eigenvalue weighted by Crippen LogP contribution is -2.48. The number of nitrogens with one attached hydrogen (secondary N) is 1. The molecule has 0 saturated carbocycles. The van der Waals surface area contributed by atoms with Gasteiger partial charge in [-0.25, -0.2) is 8.42 Å². The lowest BCUT2D eigenvalue weighted by molar-refractivity contribution is -0.135. The number of sulfonamides is 1. The van der Waals surface area contributed by atoms with Crippen LogP contribution in [0.1, 0.15) is 39.5 Å². The van der Waals surface area contributed by atoms with E-state index in [1.165, 1.54) is 16.4 Å². The van der Waals surface area contributed by atoms with Gasteiger partial charge in [0.2, 0.25) is 21.8 Å². The minimum atomic E-state index is -3.51. The molecular formula is C20H27N3O4S2. The molecule has 0 bridgehead atoms. The van der Waals surface area contributed by atoms with E-state index in [0.717, 1.165) is 19.3 Å². The third kappa shape index (κ3) is 3.80. The van der Waals surface area contributed by atoms with E-state index in [9.17, 15) is 18.0 Å². The SMILES string of the molecule is CC1CCN(S(=O)(=O)c2ccc(NC(=O)[C@H]3CS[C@@]4(C)CCC(=O)N34)cc2)CC1. The highest BCUT2D eigenvalue weighted by Gasteiger charge is 2.52. The number of rotatable bonds is 4. The topological polar surface area (TPSA) is 86.8 Å². The average Bonchev–Trinajstić information content (AvgIpc) is 3.18. The van der Waals surface area contributed by atoms with E-state index in [2.05, 4.69) is 12.2 Å². The van der Waals surface area contributed by atoms with Crippen molar-refractivity contribution < 1.29 is 18.0 Å². The maximum Gasteiger partial charge on any atom is 0.248 e. The number of benzene rings is 1. The van der Waals surface area contributed by atoms with Crippen LogP contribution in [0.4, 0.5) is 5.69 Å². The Balaban J connectivity index is 1.43. The predicted molar refractivity (Wildman–Crippen MR) is 113 cm³/mol. The van der Waals surface area contributed by atoms with E-state index in [0.29, 0.717) is 36.9 Å². The van der Waals surface area contributed by atoms with Crippen LogP contribution in [0.15, 0.2) is 29.2 Å². The molecule has 3 heterocycles. The molecule has 3 saturated heterocycles. The van der Waals surface area contributed by atoms with Gasteiger partial charge in [0.25, 0.3) is 0 Å². The van der Waals surface area contributed by atoms with Crippen molar-refractivity contribution in [1.82, 2.24) is 9.21 Å². The van der Waals surface area contributed by atoms with Crippen molar-refractivity contribution in [3.8, 4) is 0 Å². The van der Waals surface area contributed by atoms with Gasteiger partial charge in [0.1, 0.15) is 6.04 Å². The lowest BCUT2D eigenvalue weighted by Gasteiger charge is -2.30. The van der Waals surface area contributed by atoms with Crippen LogP contribution in [0.2, 0.25) is 0 Å². The molecule has 158 valence electrons. The van der Waals surface area contributed by atoms with Crippen molar-refractivity contribution in [3.05, 3.63) is 24.3 Å². The fraction of sp³-hybridized carbons (Fsp3) is 0.600. The van der Waals surface area contributed by atoms with Crippen LogP contribution in [0.3, 0.4) is 0 Å². The molecule has 0 unspecified atom stereocenters. The number of nitrogens with zero attached hydrogens (tertiary/aromatic N) is 2. The number of hydrogen-bond donors (Lipinski definition) is 1. The van der Waals surface area contributed by atoms with Gasteiger partial charge in [-0.2, -0.15) is 4.31 Å². The van der Waals surface area contributed by atoms with E-state index in [1.54, 1.807) is 28.8 Å². The summed E-state index contributed by atoms with van der Waals surface area (Å²) < 4.78 is 27.2. The Morgan fingerprint density at radius 2 is 1.86 bits per heavy atom. The molecule has 0 radical (unpaired) electrons. The molecule has 0 aliphatic carbocycles. The van der Waals surface area contributed by atoms with Crippen LogP contribution in [0, 0.1) is 5.92 Å². The van der Waals surface area contributed by atoms with Gasteiger partial charge in [-0.05, 0) is 56.4 Å². The summed E-state index contributed by atoms with van der Waals surface area (Å²) in [6.45, 7) is 5.24. The van der Waals surface area contributed by atoms with E-state index in [4.69, 9.17) is 0 Å². The normalized spacial score (nSPS) is 28.6. The number of thioether (sulfide) groups is 1. The second-order valence-corrected chi connectivity index (χ2v) is 11.8. The molecule has 2 amide bonds. The number of carbonyl (C=O) groups is 2. The number of piperidine rings is 1. The molecule has 3 aliphatic rings. The molecule has 1 N–H and O–H groups in total. The maximum absolute atomic E-state index is 12.8. The van der Waals surface area contributed by atoms with Gasteiger partial charge < -0.3 is 10.2 Å². The van der Waals surface area contributed by atoms with Crippen LogP contribution in [0.25, 0.3) is 0 Å². The van der Waals surface area contributed by atoms with Crippen molar-refractivity contribution in [2.75, 3.05) is 24.2 Å². The summed E-state index contributed by atoms with van der Waals surface area (Å²) in [5.74, 6) is 0.928. The first-order chi connectivity index (χ1) is 13.7. The summed E-state index contributed by atoms with van der Waals surface area (Å²) >= 11 is 1.65. The highest BCUT2D eigenvalue weighted by atomic mass is 32.2. The summed E-state index contributed by atoms with van der Waals surface area (Å²) in [6.07, 6.45) is 3.00. The Kier molecular flexibility index (Phi) is 5.41. The fourth-order valence-electron chi connectivity index (χ4n) is 4.32. The van der Waals surface area contributed by atoms with E-state index < -0.39 is 16.1 Å². The molecule has 3 fully saturated rings. The van der Waals surface area contributed by atoms with Gasteiger partial charge in [-0.1, -0.05) is 6.92 Å². The Morgan fingerprint density at radius 1 is 1.21 bits per heavy atom. The summed E-state index contributed by atoms with van der Waals surface area (Å²) in [7, 11) is -3.51. The molecule has 2 atom stereocenters. The molecule has 0 aromatic heterocycles. The van der Waals surface area contributed by atoms with Gasteiger partial charge in [0, 0.05) is 31.0 Å². The van der Waals surface area contributed by atoms with Crippen LogP contribution < -0.4 is 5.32 Å². The molecular weight excluding hydrogens is 410 g/mol. The Hall–Kier alpha value is -1.58. The molecule has 7 nitrogen and oxygen atoms in total. The van der Waals surface area contributed by atoms with Crippen molar-refractivity contribution in [1.29, 1.82) is 0 Å². The summed E-state index contributed by atoms with van der Waals surface area (Å²) in [5.41, 5.74) is 0.534. The zero-order valence-electron chi connectivity index (χ0n) is 16.8. The highest BCUT2D eigenvalue weighted by Crippen LogP contribution is 2.47. The van der Waals surface area contributed by atoms with Crippen molar-refractivity contribution in [2.24, 2.45) is 5.92 Å². The van der Waals surface area contributed by atoms with E-state index >= 15 is 0 Å². The number of carbonyl (C=O) groups excluding carboxylic acids is 2. The first-order valence-electron chi connectivity index (χ1n) is 10.1. The minimum absolute atomic E-state index is 0.0231. The fourth-order valence-corrected chi connectivity index (χ4v) is 7.23. The molecule has 3 aliphatic heterocycles. The van der Waals surface area contributed by atoms with E-state index in [-0.39, 0.29) is 21.6 Å². The predicted octanol–water partition coefficient (Wildman–Crippen LogP) is 2.50. The smallest absolute Gasteiger partial charge is 0.248 e. The third-order valence-electron chi connectivity index (χ3n) is 6.25. The number of amides is 2. The first kappa shape index (κ1) is 20.7. The Labute approximate surface area is 176 Å². The number of anilines is 1. The quantitative estimate of drug-likeness (QED) is 0.782. The largest absolute Gasteiger partial charge is 0.324 e. The van der Waals surface area contributed by atoms with Gasteiger partial charge in [-0.3, -0.25) is 9.59 Å². The monoisotopic (exact) mass is 437 g/mol. The second-order valence-electron chi connectivity index (χ2n) is 8.37. The Bertz CT molecular complexity index is 910. The van der Waals surface area contributed by atoms with Crippen LogP contribution in [0.5, 0.6) is 0 Å². The van der Waals surface area contributed by atoms with Gasteiger partial charge in [0.15, 0.2) is 0 Å². The minimum Gasteiger partial charge on any atom is -0.324 e. The maximum atomic E-state index is 12.8. The standard InChI is InChI=1S/C20H27N3O4S2/c1-14-8-11-22(12-9-14)29(26,27)16-5-3-15(4-6-16)21-19(25)17-13-28-20(2)10-7-18(24)23(17)20/h3-6,14,17H,7-13H2,1-2H3,(H,21,25)/t17-,20+/m1/s1. The van der Waals surface area contributed by atoms with Crippen molar-refractivity contribution in [3.63, 3.8) is 0 Å². The van der Waals surface area contributed by atoms with Crippen molar-refractivity contribution in [2.45, 2.75) is 55.3 Å². The highest BCUT2D eigenvalue weighted by molar-refractivity contribution is 8.01. The number of hydrogen-bond acceptors (Lipinski definition) is 5. The molecule has 1 aromatic rings.